The molecule has 2 aromatic heterocycles. The van der Waals surface area contributed by atoms with Crippen LogP contribution in [0.15, 0.2) is 64.2 Å². The summed E-state index contributed by atoms with van der Waals surface area (Å²) < 4.78 is 2.86. The van der Waals surface area contributed by atoms with Crippen LogP contribution in [-0.4, -0.2) is 21.4 Å². The van der Waals surface area contributed by atoms with Gasteiger partial charge >= 0.3 is 0 Å². The number of aromatic nitrogens is 3. The number of anilines is 1. The van der Waals surface area contributed by atoms with Gasteiger partial charge in [-0.3, -0.25) is 14.7 Å². The van der Waals surface area contributed by atoms with Crippen LogP contribution in [0.3, 0.4) is 0 Å². The fourth-order valence-electron chi connectivity index (χ4n) is 3.25. The minimum Gasteiger partial charge on any atom is -0.388 e. The van der Waals surface area contributed by atoms with Gasteiger partial charge in [0.25, 0.3) is 11.1 Å². The summed E-state index contributed by atoms with van der Waals surface area (Å²) >= 11 is 6.26. The first kappa shape index (κ1) is 17.2. The molecule has 7 heteroatoms. The second-order valence-corrected chi connectivity index (χ2v) is 6.62. The second kappa shape index (κ2) is 6.48. The van der Waals surface area contributed by atoms with Crippen LogP contribution in [0.25, 0.3) is 27.8 Å². The third kappa shape index (κ3) is 2.74. The quantitative estimate of drug-likeness (QED) is 0.572. The normalized spacial score (nSPS) is 11.1. The minimum absolute atomic E-state index is 0.208. The second-order valence-electron chi connectivity index (χ2n) is 6.21. The first-order valence-electron chi connectivity index (χ1n) is 8.39. The lowest BCUT2D eigenvalue weighted by Gasteiger charge is -2.10. The van der Waals surface area contributed by atoms with Crippen molar-refractivity contribution in [3.05, 3.63) is 80.3 Å². The van der Waals surface area contributed by atoms with Gasteiger partial charge in [0.15, 0.2) is 0 Å². The highest BCUT2D eigenvalue weighted by molar-refractivity contribution is 6.32. The highest BCUT2D eigenvalue weighted by Gasteiger charge is 2.18. The third-order valence-electron chi connectivity index (χ3n) is 4.61. The van der Waals surface area contributed by atoms with E-state index in [1.54, 1.807) is 31.3 Å². The molecular formula is C20H17ClN4O2. The Bertz CT molecular complexity index is 1280. The van der Waals surface area contributed by atoms with Crippen molar-refractivity contribution in [2.75, 3.05) is 12.4 Å². The molecule has 0 bridgehead atoms. The van der Waals surface area contributed by atoms with E-state index in [9.17, 15) is 9.59 Å². The summed E-state index contributed by atoms with van der Waals surface area (Å²) in [5.41, 5.74) is 2.74. The number of rotatable bonds is 3. The number of hydrogen-bond donors (Lipinski definition) is 2. The van der Waals surface area contributed by atoms with Crippen LogP contribution in [0.4, 0.5) is 5.69 Å². The number of para-hydroxylation sites is 1. The molecule has 0 fully saturated rings. The van der Waals surface area contributed by atoms with Gasteiger partial charge in [0, 0.05) is 31.4 Å². The third-order valence-corrected chi connectivity index (χ3v) is 4.93. The van der Waals surface area contributed by atoms with Crippen LogP contribution >= 0.6 is 11.6 Å². The van der Waals surface area contributed by atoms with E-state index in [4.69, 9.17) is 11.6 Å². The maximum atomic E-state index is 13.2. The van der Waals surface area contributed by atoms with E-state index in [2.05, 4.69) is 10.4 Å². The number of fused-ring (bicyclic) bond motifs is 1. The Balaban J connectivity index is 2.10. The maximum absolute atomic E-state index is 13.2. The molecule has 136 valence electrons. The maximum Gasteiger partial charge on any atom is 0.281 e. The van der Waals surface area contributed by atoms with Gasteiger partial charge in [-0.2, -0.15) is 0 Å². The number of H-pyrrole nitrogens is 1. The molecule has 27 heavy (non-hydrogen) atoms. The highest BCUT2D eigenvalue weighted by Crippen LogP contribution is 2.27. The number of benzene rings is 2. The van der Waals surface area contributed by atoms with Gasteiger partial charge in [0.2, 0.25) is 0 Å². The van der Waals surface area contributed by atoms with Crippen molar-refractivity contribution in [3.8, 4) is 16.9 Å². The van der Waals surface area contributed by atoms with E-state index in [-0.39, 0.29) is 11.1 Å². The summed E-state index contributed by atoms with van der Waals surface area (Å²) in [4.78, 5) is 25.7. The number of halogens is 1. The molecule has 2 heterocycles. The van der Waals surface area contributed by atoms with Crippen LogP contribution in [0.2, 0.25) is 5.02 Å². The molecule has 4 rings (SSSR count). The van der Waals surface area contributed by atoms with Crippen molar-refractivity contribution >= 4 is 28.2 Å². The van der Waals surface area contributed by atoms with E-state index in [0.29, 0.717) is 27.3 Å². The molecule has 0 amide bonds. The molecule has 0 aliphatic carbocycles. The Morgan fingerprint density at radius 2 is 1.81 bits per heavy atom. The molecule has 0 unspecified atom stereocenters. The Kier molecular flexibility index (Phi) is 4.12. The van der Waals surface area contributed by atoms with E-state index in [1.165, 1.54) is 15.3 Å². The molecular weight excluding hydrogens is 364 g/mol. The molecule has 2 aromatic carbocycles. The van der Waals surface area contributed by atoms with Gasteiger partial charge in [-0.1, -0.05) is 35.9 Å². The molecule has 0 atom stereocenters. The van der Waals surface area contributed by atoms with Gasteiger partial charge in [0.1, 0.15) is 0 Å². The molecule has 4 aromatic rings. The average Bonchev–Trinajstić information content (AvgIpc) is 2.99. The number of nitrogens with zero attached hydrogens (tertiary/aromatic N) is 2. The fourth-order valence-corrected chi connectivity index (χ4v) is 3.47. The Morgan fingerprint density at radius 3 is 2.56 bits per heavy atom. The van der Waals surface area contributed by atoms with Gasteiger partial charge in [-0.25, -0.2) is 4.68 Å². The van der Waals surface area contributed by atoms with E-state index < -0.39 is 0 Å². The number of pyridine rings is 1. The number of aromatic amines is 1. The standard InChI is InChI=1S/C20H17ClN4O2/c1-22-13-7-5-6-12(10-13)19-18-15(11-17(26)24(19)2)23-25(20(18)27)16-9-4-3-8-14(16)21/h3-11,22-23H,1-2H3. The van der Waals surface area contributed by atoms with E-state index in [0.717, 1.165) is 11.3 Å². The van der Waals surface area contributed by atoms with E-state index >= 15 is 0 Å². The lowest BCUT2D eigenvalue weighted by atomic mass is 10.1. The zero-order valence-corrected chi connectivity index (χ0v) is 15.5. The molecule has 6 nitrogen and oxygen atoms in total. The van der Waals surface area contributed by atoms with Crippen LogP contribution in [0.1, 0.15) is 0 Å². The van der Waals surface area contributed by atoms with Crippen molar-refractivity contribution in [1.29, 1.82) is 0 Å². The Labute approximate surface area is 159 Å². The average molecular weight is 381 g/mol. The minimum atomic E-state index is -0.265. The Hall–Kier alpha value is -3.25. The van der Waals surface area contributed by atoms with Crippen LogP contribution < -0.4 is 16.4 Å². The lowest BCUT2D eigenvalue weighted by molar-refractivity contribution is 0.863. The van der Waals surface area contributed by atoms with Crippen molar-refractivity contribution in [3.63, 3.8) is 0 Å². The highest BCUT2D eigenvalue weighted by atomic mass is 35.5. The summed E-state index contributed by atoms with van der Waals surface area (Å²) in [6.45, 7) is 0. The Morgan fingerprint density at radius 1 is 1.04 bits per heavy atom. The summed E-state index contributed by atoms with van der Waals surface area (Å²) in [6, 6.07) is 16.1. The lowest BCUT2D eigenvalue weighted by Crippen LogP contribution is -2.20. The van der Waals surface area contributed by atoms with Crippen molar-refractivity contribution in [2.24, 2.45) is 7.05 Å². The molecule has 0 radical (unpaired) electrons. The molecule has 2 N–H and O–H groups in total. The topological polar surface area (TPSA) is 71.8 Å². The van der Waals surface area contributed by atoms with Crippen LogP contribution in [0.5, 0.6) is 0 Å². The number of nitrogens with one attached hydrogen (secondary N) is 2. The molecule has 0 aliphatic rings. The number of hydrogen-bond acceptors (Lipinski definition) is 3. The fraction of sp³-hybridized carbons (Fsp3) is 0.100. The van der Waals surface area contributed by atoms with Crippen molar-refractivity contribution in [2.45, 2.75) is 0 Å². The smallest absolute Gasteiger partial charge is 0.281 e. The zero-order chi connectivity index (χ0) is 19.1. The predicted molar refractivity (Wildman–Crippen MR) is 109 cm³/mol. The molecule has 0 spiro atoms. The summed E-state index contributed by atoms with van der Waals surface area (Å²) in [5, 5.41) is 6.97. The van der Waals surface area contributed by atoms with Gasteiger partial charge < -0.3 is 9.88 Å². The SMILES string of the molecule is CNc1cccc(-c2c3c(=O)n(-c4ccccc4Cl)[nH]c3cc(=O)n2C)c1. The molecule has 0 aliphatic heterocycles. The summed E-state index contributed by atoms with van der Waals surface area (Å²) in [5.74, 6) is 0. The van der Waals surface area contributed by atoms with Gasteiger partial charge in [0.05, 0.1) is 27.3 Å². The van der Waals surface area contributed by atoms with Crippen molar-refractivity contribution in [1.82, 2.24) is 14.3 Å². The largest absolute Gasteiger partial charge is 0.388 e. The first-order chi connectivity index (χ1) is 13.0. The van der Waals surface area contributed by atoms with E-state index in [1.807, 2.05) is 31.3 Å². The molecule has 0 saturated carbocycles. The van der Waals surface area contributed by atoms with Gasteiger partial charge in [-0.05, 0) is 24.3 Å². The monoisotopic (exact) mass is 380 g/mol. The van der Waals surface area contributed by atoms with Crippen molar-refractivity contribution < 1.29 is 0 Å². The summed E-state index contributed by atoms with van der Waals surface area (Å²) in [6.07, 6.45) is 0. The predicted octanol–water partition coefficient (Wildman–Crippen LogP) is 3.38. The van der Waals surface area contributed by atoms with Crippen LogP contribution in [-0.2, 0) is 7.05 Å². The zero-order valence-electron chi connectivity index (χ0n) is 14.8. The first-order valence-corrected chi connectivity index (χ1v) is 8.77. The van der Waals surface area contributed by atoms with Gasteiger partial charge in [-0.15, -0.1) is 0 Å². The summed E-state index contributed by atoms with van der Waals surface area (Å²) in [7, 11) is 3.48. The molecule has 0 saturated heterocycles. The van der Waals surface area contributed by atoms with Crippen LogP contribution in [0, 0.1) is 0 Å².